The molecular formula is C16H29N3S. The molecule has 114 valence electrons. The number of hydrogen-bond acceptors (Lipinski definition) is 4. The zero-order valence-electron chi connectivity index (χ0n) is 13.8. The topological polar surface area (TPSA) is 37.8 Å². The van der Waals surface area contributed by atoms with E-state index in [1.165, 1.54) is 5.56 Å². The van der Waals surface area contributed by atoms with E-state index in [-0.39, 0.29) is 0 Å². The number of thioether (sulfide) groups is 1. The van der Waals surface area contributed by atoms with E-state index in [4.69, 9.17) is 0 Å². The van der Waals surface area contributed by atoms with Gasteiger partial charge >= 0.3 is 0 Å². The zero-order valence-corrected chi connectivity index (χ0v) is 14.6. The van der Waals surface area contributed by atoms with Crippen LogP contribution in [-0.4, -0.2) is 28.3 Å². The Hall–Kier alpha value is -0.610. The summed E-state index contributed by atoms with van der Waals surface area (Å²) in [5.74, 6) is 3.61. The maximum atomic E-state index is 4.67. The molecule has 0 aromatic carbocycles. The molecule has 0 radical (unpaired) electrons. The SMILES string of the molecule is CCSCc1nc(C)c(CC(C)CNC(C)C)c(C)n1. The van der Waals surface area contributed by atoms with Gasteiger partial charge in [0, 0.05) is 17.4 Å². The fourth-order valence-corrected chi connectivity index (χ4v) is 2.74. The zero-order chi connectivity index (χ0) is 15.1. The van der Waals surface area contributed by atoms with Gasteiger partial charge in [-0.15, -0.1) is 0 Å². The van der Waals surface area contributed by atoms with Gasteiger partial charge in [-0.2, -0.15) is 11.8 Å². The van der Waals surface area contributed by atoms with Gasteiger partial charge in [0.2, 0.25) is 0 Å². The summed E-state index contributed by atoms with van der Waals surface area (Å²) in [6, 6.07) is 0.546. The Morgan fingerprint density at radius 1 is 1.10 bits per heavy atom. The van der Waals surface area contributed by atoms with Gasteiger partial charge in [-0.1, -0.05) is 27.7 Å². The molecule has 1 atom stereocenters. The number of aryl methyl sites for hydroxylation is 2. The molecule has 4 heteroatoms. The molecule has 1 heterocycles. The van der Waals surface area contributed by atoms with E-state index in [1.807, 2.05) is 11.8 Å². The highest BCUT2D eigenvalue weighted by molar-refractivity contribution is 7.98. The van der Waals surface area contributed by atoms with Crippen molar-refractivity contribution in [2.45, 2.75) is 59.8 Å². The van der Waals surface area contributed by atoms with Gasteiger partial charge in [0.15, 0.2) is 0 Å². The van der Waals surface area contributed by atoms with Gasteiger partial charge in [-0.3, -0.25) is 0 Å². The second-order valence-corrected chi connectivity index (χ2v) is 7.07. The van der Waals surface area contributed by atoms with Gasteiger partial charge in [-0.25, -0.2) is 9.97 Å². The normalized spacial score (nSPS) is 12.9. The maximum Gasteiger partial charge on any atom is 0.138 e. The second kappa shape index (κ2) is 8.63. The fraction of sp³-hybridized carbons (Fsp3) is 0.750. The van der Waals surface area contributed by atoms with Crippen molar-refractivity contribution in [2.75, 3.05) is 12.3 Å². The summed E-state index contributed by atoms with van der Waals surface area (Å²) >= 11 is 1.87. The first-order valence-electron chi connectivity index (χ1n) is 7.58. The van der Waals surface area contributed by atoms with E-state index in [9.17, 15) is 0 Å². The molecule has 0 fully saturated rings. The van der Waals surface area contributed by atoms with Crippen molar-refractivity contribution in [3.63, 3.8) is 0 Å². The first-order valence-corrected chi connectivity index (χ1v) is 8.73. The Bertz CT molecular complexity index is 395. The number of nitrogens with one attached hydrogen (secondary N) is 1. The van der Waals surface area contributed by atoms with Crippen molar-refractivity contribution in [3.05, 3.63) is 22.8 Å². The third-order valence-electron chi connectivity index (χ3n) is 3.33. The monoisotopic (exact) mass is 295 g/mol. The van der Waals surface area contributed by atoms with Crippen LogP contribution in [0.15, 0.2) is 0 Å². The summed E-state index contributed by atoms with van der Waals surface area (Å²) < 4.78 is 0. The second-order valence-electron chi connectivity index (χ2n) is 5.80. The van der Waals surface area contributed by atoms with E-state index in [0.717, 1.165) is 41.7 Å². The van der Waals surface area contributed by atoms with Crippen molar-refractivity contribution >= 4 is 11.8 Å². The highest BCUT2D eigenvalue weighted by Crippen LogP contribution is 2.17. The third-order valence-corrected chi connectivity index (χ3v) is 4.20. The summed E-state index contributed by atoms with van der Waals surface area (Å²) in [4.78, 5) is 9.33. The summed E-state index contributed by atoms with van der Waals surface area (Å²) in [6.07, 6.45) is 1.05. The summed E-state index contributed by atoms with van der Waals surface area (Å²) in [5.41, 5.74) is 3.63. The third kappa shape index (κ3) is 5.80. The van der Waals surface area contributed by atoms with Crippen LogP contribution in [0, 0.1) is 19.8 Å². The molecule has 0 aliphatic heterocycles. The Kier molecular flexibility index (Phi) is 7.52. The molecule has 1 unspecified atom stereocenters. The maximum absolute atomic E-state index is 4.67. The van der Waals surface area contributed by atoms with E-state index >= 15 is 0 Å². The van der Waals surface area contributed by atoms with Crippen molar-refractivity contribution in [1.82, 2.24) is 15.3 Å². The summed E-state index contributed by atoms with van der Waals surface area (Å²) in [5, 5.41) is 3.50. The van der Waals surface area contributed by atoms with Crippen LogP contribution in [0.25, 0.3) is 0 Å². The summed E-state index contributed by atoms with van der Waals surface area (Å²) in [6.45, 7) is 14.1. The van der Waals surface area contributed by atoms with Crippen LogP contribution in [-0.2, 0) is 12.2 Å². The number of aromatic nitrogens is 2. The molecule has 1 N–H and O–H groups in total. The lowest BCUT2D eigenvalue weighted by molar-refractivity contribution is 0.473. The van der Waals surface area contributed by atoms with Gasteiger partial charge in [0.25, 0.3) is 0 Å². The van der Waals surface area contributed by atoms with Gasteiger partial charge in [0.1, 0.15) is 5.82 Å². The molecule has 0 amide bonds. The Morgan fingerprint density at radius 3 is 2.20 bits per heavy atom. The predicted octanol–water partition coefficient (Wildman–Crippen LogP) is 3.52. The Labute approximate surface area is 128 Å². The van der Waals surface area contributed by atoms with Crippen molar-refractivity contribution < 1.29 is 0 Å². The summed E-state index contributed by atoms with van der Waals surface area (Å²) in [7, 11) is 0. The first-order chi connectivity index (χ1) is 9.43. The smallest absolute Gasteiger partial charge is 0.138 e. The molecule has 0 spiro atoms. The van der Waals surface area contributed by atoms with Crippen LogP contribution in [0.2, 0.25) is 0 Å². The lowest BCUT2D eigenvalue weighted by atomic mass is 9.98. The van der Waals surface area contributed by atoms with Crippen LogP contribution in [0.3, 0.4) is 0 Å². The molecule has 1 aromatic heterocycles. The van der Waals surface area contributed by atoms with Crippen molar-refractivity contribution in [1.29, 1.82) is 0 Å². The average molecular weight is 295 g/mol. The van der Waals surface area contributed by atoms with Gasteiger partial charge in [0.05, 0.1) is 5.75 Å². The predicted molar refractivity (Wildman–Crippen MR) is 89.3 cm³/mol. The quantitative estimate of drug-likeness (QED) is 0.796. The highest BCUT2D eigenvalue weighted by Gasteiger charge is 2.12. The lowest BCUT2D eigenvalue weighted by Crippen LogP contribution is -2.29. The Balaban J connectivity index is 2.70. The molecule has 3 nitrogen and oxygen atoms in total. The van der Waals surface area contributed by atoms with Gasteiger partial charge < -0.3 is 5.32 Å². The minimum absolute atomic E-state index is 0.546. The van der Waals surface area contributed by atoms with Crippen LogP contribution in [0.5, 0.6) is 0 Å². The number of rotatable bonds is 8. The van der Waals surface area contributed by atoms with E-state index in [2.05, 4.69) is 56.8 Å². The minimum atomic E-state index is 0.546. The molecular weight excluding hydrogens is 266 g/mol. The van der Waals surface area contributed by atoms with Gasteiger partial charge in [-0.05, 0) is 44.0 Å². The van der Waals surface area contributed by atoms with Crippen LogP contribution < -0.4 is 5.32 Å². The molecule has 0 aliphatic carbocycles. The molecule has 0 aliphatic rings. The molecule has 1 aromatic rings. The first kappa shape index (κ1) is 17.4. The minimum Gasteiger partial charge on any atom is -0.314 e. The largest absolute Gasteiger partial charge is 0.314 e. The van der Waals surface area contributed by atoms with Crippen LogP contribution >= 0.6 is 11.8 Å². The van der Waals surface area contributed by atoms with E-state index < -0.39 is 0 Å². The van der Waals surface area contributed by atoms with Crippen LogP contribution in [0.4, 0.5) is 0 Å². The highest BCUT2D eigenvalue weighted by atomic mass is 32.2. The molecule has 0 saturated heterocycles. The van der Waals surface area contributed by atoms with Crippen molar-refractivity contribution in [3.8, 4) is 0 Å². The molecule has 0 bridgehead atoms. The fourth-order valence-electron chi connectivity index (χ4n) is 2.22. The molecule has 0 saturated carbocycles. The Morgan fingerprint density at radius 2 is 1.70 bits per heavy atom. The average Bonchev–Trinajstić information content (AvgIpc) is 2.38. The number of hydrogen-bond donors (Lipinski definition) is 1. The van der Waals surface area contributed by atoms with E-state index in [1.54, 1.807) is 0 Å². The van der Waals surface area contributed by atoms with Crippen molar-refractivity contribution in [2.24, 2.45) is 5.92 Å². The molecule has 1 rings (SSSR count). The van der Waals surface area contributed by atoms with Crippen LogP contribution in [0.1, 0.15) is 50.5 Å². The van der Waals surface area contributed by atoms with E-state index in [0.29, 0.717) is 12.0 Å². The molecule has 20 heavy (non-hydrogen) atoms. The standard InChI is InChI=1S/C16H29N3S/c1-7-20-10-16-18-13(5)15(14(6)19-16)8-12(4)9-17-11(2)3/h11-12,17H,7-10H2,1-6H3. The number of nitrogens with zero attached hydrogens (tertiary/aromatic N) is 2. The lowest BCUT2D eigenvalue weighted by Gasteiger charge is -2.17.